The van der Waals surface area contributed by atoms with E-state index in [0.29, 0.717) is 5.56 Å². The van der Waals surface area contributed by atoms with Gasteiger partial charge in [0.2, 0.25) is 0 Å². The van der Waals surface area contributed by atoms with E-state index in [1.165, 1.54) is 10.9 Å². The predicted molar refractivity (Wildman–Crippen MR) is 74.3 cm³/mol. The van der Waals surface area contributed by atoms with Crippen LogP contribution >= 0.6 is 11.3 Å². The highest BCUT2D eigenvalue weighted by Crippen LogP contribution is 2.32. The van der Waals surface area contributed by atoms with Crippen molar-refractivity contribution in [2.24, 2.45) is 0 Å². The lowest BCUT2D eigenvalue weighted by molar-refractivity contribution is 0.603. The maximum Gasteiger partial charge on any atom is 0.133 e. The van der Waals surface area contributed by atoms with Crippen molar-refractivity contribution in [2.45, 2.75) is 26.8 Å². The van der Waals surface area contributed by atoms with Gasteiger partial charge in [-0.15, -0.1) is 11.3 Å². The highest BCUT2D eigenvalue weighted by atomic mass is 32.1. The molecular formula is C14H17FN2S. The minimum atomic E-state index is -0.214. The Morgan fingerprint density at radius 3 is 2.78 bits per heavy atom. The molecule has 0 spiro atoms. The van der Waals surface area contributed by atoms with Crippen molar-refractivity contribution in [1.82, 2.24) is 10.3 Å². The molecule has 1 aromatic carbocycles. The van der Waals surface area contributed by atoms with E-state index in [1.54, 1.807) is 23.5 Å². The Hall–Kier alpha value is -1.26. The quantitative estimate of drug-likeness (QED) is 0.905. The van der Waals surface area contributed by atoms with Gasteiger partial charge in [0, 0.05) is 16.5 Å². The predicted octanol–water partition coefficient (Wildman–Crippen LogP) is 3.93. The van der Waals surface area contributed by atoms with E-state index >= 15 is 0 Å². The fourth-order valence-corrected chi connectivity index (χ4v) is 3.08. The Morgan fingerprint density at radius 2 is 2.11 bits per heavy atom. The summed E-state index contributed by atoms with van der Waals surface area (Å²) < 4.78 is 13.7. The fraction of sp³-hybridized carbons (Fsp3) is 0.357. The van der Waals surface area contributed by atoms with Gasteiger partial charge in [0.05, 0.1) is 5.69 Å². The van der Waals surface area contributed by atoms with Gasteiger partial charge in [-0.1, -0.05) is 19.1 Å². The van der Waals surface area contributed by atoms with E-state index in [-0.39, 0.29) is 11.9 Å². The molecule has 0 aliphatic carbocycles. The summed E-state index contributed by atoms with van der Waals surface area (Å²) in [5, 5.41) is 4.11. The number of rotatable bonds is 4. The molecule has 0 fully saturated rings. The molecule has 2 rings (SSSR count). The first kappa shape index (κ1) is 13.2. The molecule has 0 saturated heterocycles. The fourth-order valence-electron chi connectivity index (χ4n) is 1.96. The topological polar surface area (TPSA) is 24.9 Å². The zero-order chi connectivity index (χ0) is 13.1. The number of hydrogen-bond acceptors (Lipinski definition) is 3. The summed E-state index contributed by atoms with van der Waals surface area (Å²) in [6.07, 6.45) is 0. The van der Waals surface area contributed by atoms with Crippen LogP contribution in [0.1, 0.15) is 30.5 Å². The summed E-state index contributed by atoms with van der Waals surface area (Å²) in [6.45, 7) is 7.07. The zero-order valence-corrected chi connectivity index (χ0v) is 11.6. The van der Waals surface area contributed by atoms with Crippen LogP contribution in [0.4, 0.5) is 4.39 Å². The Bertz CT molecular complexity index is 536. The van der Waals surface area contributed by atoms with Gasteiger partial charge in [0.1, 0.15) is 10.8 Å². The van der Waals surface area contributed by atoms with Crippen molar-refractivity contribution in [3.63, 3.8) is 0 Å². The van der Waals surface area contributed by atoms with Crippen LogP contribution < -0.4 is 5.32 Å². The Balaban J connectivity index is 2.37. The van der Waals surface area contributed by atoms with E-state index in [9.17, 15) is 4.39 Å². The van der Waals surface area contributed by atoms with Crippen LogP contribution in [-0.2, 0) is 0 Å². The number of nitrogens with zero attached hydrogens (tertiary/aromatic N) is 1. The summed E-state index contributed by atoms with van der Waals surface area (Å²) in [7, 11) is 0. The number of thiazole rings is 1. The zero-order valence-electron chi connectivity index (χ0n) is 10.8. The number of halogens is 1. The third-order valence-electron chi connectivity index (χ3n) is 2.84. The van der Waals surface area contributed by atoms with Crippen LogP contribution in [0.25, 0.3) is 10.6 Å². The van der Waals surface area contributed by atoms with E-state index in [4.69, 9.17) is 0 Å². The molecule has 0 saturated carbocycles. The standard InChI is InChI=1S/C14H17FN2S/c1-4-16-9(2)13-10(3)17-14(18-13)11-7-5-6-8-12(11)15/h5-9,16H,4H2,1-3H3. The molecule has 1 heterocycles. The van der Waals surface area contributed by atoms with Crippen molar-refractivity contribution >= 4 is 11.3 Å². The van der Waals surface area contributed by atoms with E-state index in [2.05, 4.69) is 24.1 Å². The maximum atomic E-state index is 13.7. The van der Waals surface area contributed by atoms with Gasteiger partial charge in [-0.05, 0) is 32.5 Å². The van der Waals surface area contributed by atoms with Crippen LogP contribution in [0.15, 0.2) is 24.3 Å². The van der Waals surface area contributed by atoms with Crippen molar-refractivity contribution in [2.75, 3.05) is 6.54 Å². The second kappa shape index (κ2) is 5.59. The molecule has 1 atom stereocenters. The van der Waals surface area contributed by atoms with Crippen LogP contribution in [0, 0.1) is 12.7 Å². The molecular weight excluding hydrogens is 247 g/mol. The number of benzene rings is 1. The van der Waals surface area contributed by atoms with Crippen LogP contribution in [0.2, 0.25) is 0 Å². The molecule has 0 amide bonds. The molecule has 96 valence electrons. The number of hydrogen-bond donors (Lipinski definition) is 1. The van der Waals surface area contributed by atoms with Gasteiger partial charge in [0.15, 0.2) is 0 Å². The smallest absolute Gasteiger partial charge is 0.133 e. The maximum absolute atomic E-state index is 13.7. The third kappa shape index (κ3) is 2.60. The lowest BCUT2D eigenvalue weighted by Crippen LogP contribution is -2.17. The summed E-state index contributed by atoms with van der Waals surface area (Å²) in [6, 6.07) is 7.03. The first-order chi connectivity index (χ1) is 8.63. The summed E-state index contributed by atoms with van der Waals surface area (Å²) in [5.41, 5.74) is 1.56. The van der Waals surface area contributed by atoms with Crippen LogP contribution in [-0.4, -0.2) is 11.5 Å². The van der Waals surface area contributed by atoms with Crippen LogP contribution in [0.3, 0.4) is 0 Å². The molecule has 0 aliphatic rings. The summed E-state index contributed by atoms with van der Waals surface area (Å²) in [4.78, 5) is 5.66. The molecule has 2 aromatic rings. The Kier molecular flexibility index (Phi) is 4.09. The molecule has 4 heteroatoms. The lowest BCUT2D eigenvalue weighted by Gasteiger charge is -2.09. The first-order valence-electron chi connectivity index (χ1n) is 6.09. The average molecular weight is 264 g/mol. The second-order valence-corrected chi connectivity index (χ2v) is 5.26. The molecule has 0 aliphatic heterocycles. The van der Waals surface area contributed by atoms with Gasteiger partial charge in [-0.2, -0.15) is 0 Å². The molecule has 1 N–H and O–H groups in total. The van der Waals surface area contributed by atoms with E-state index < -0.39 is 0 Å². The third-order valence-corrected chi connectivity index (χ3v) is 4.21. The SMILES string of the molecule is CCNC(C)c1sc(-c2ccccc2F)nc1C. The summed E-state index contributed by atoms with van der Waals surface area (Å²) in [5.74, 6) is -0.214. The van der Waals surface area contributed by atoms with Crippen molar-refractivity contribution in [3.8, 4) is 10.6 Å². The highest BCUT2D eigenvalue weighted by molar-refractivity contribution is 7.15. The van der Waals surface area contributed by atoms with Crippen molar-refractivity contribution in [3.05, 3.63) is 40.7 Å². The van der Waals surface area contributed by atoms with Crippen LogP contribution in [0.5, 0.6) is 0 Å². The normalized spacial score (nSPS) is 12.7. The first-order valence-corrected chi connectivity index (χ1v) is 6.90. The highest BCUT2D eigenvalue weighted by Gasteiger charge is 2.16. The number of aromatic nitrogens is 1. The second-order valence-electron chi connectivity index (χ2n) is 4.23. The molecule has 1 unspecified atom stereocenters. The van der Waals surface area contributed by atoms with Gasteiger partial charge >= 0.3 is 0 Å². The van der Waals surface area contributed by atoms with Gasteiger partial charge in [-0.25, -0.2) is 9.37 Å². The Morgan fingerprint density at radius 1 is 1.39 bits per heavy atom. The van der Waals surface area contributed by atoms with Crippen molar-refractivity contribution < 1.29 is 4.39 Å². The lowest BCUT2D eigenvalue weighted by atomic mass is 10.2. The number of nitrogens with one attached hydrogen (secondary N) is 1. The minimum Gasteiger partial charge on any atom is -0.310 e. The largest absolute Gasteiger partial charge is 0.310 e. The number of aryl methyl sites for hydroxylation is 1. The summed E-state index contributed by atoms with van der Waals surface area (Å²) >= 11 is 1.56. The van der Waals surface area contributed by atoms with Crippen molar-refractivity contribution in [1.29, 1.82) is 0 Å². The molecule has 18 heavy (non-hydrogen) atoms. The molecule has 2 nitrogen and oxygen atoms in total. The van der Waals surface area contributed by atoms with E-state index in [0.717, 1.165) is 17.2 Å². The van der Waals surface area contributed by atoms with Gasteiger partial charge in [0.25, 0.3) is 0 Å². The Labute approximate surface area is 111 Å². The van der Waals surface area contributed by atoms with E-state index in [1.807, 2.05) is 13.0 Å². The molecule has 0 bridgehead atoms. The van der Waals surface area contributed by atoms with Gasteiger partial charge < -0.3 is 5.32 Å². The monoisotopic (exact) mass is 264 g/mol. The molecule has 0 radical (unpaired) electrons. The van der Waals surface area contributed by atoms with Gasteiger partial charge in [-0.3, -0.25) is 0 Å². The minimum absolute atomic E-state index is 0.214. The average Bonchev–Trinajstić information content (AvgIpc) is 2.72. The molecule has 1 aromatic heterocycles.